The summed E-state index contributed by atoms with van der Waals surface area (Å²) in [7, 11) is 0. The summed E-state index contributed by atoms with van der Waals surface area (Å²) in [5.74, 6) is -0.516. The van der Waals surface area contributed by atoms with Gasteiger partial charge in [-0.1, -0.05) is 31.4 Å². The van der Waals surface area contributed by atoms with E-state index in [0.717, 1.165) is 5.56 Å². The van der Waals surface area contributed by atoms with Crippen LogP contribution < -0.4 is 15.4 Å². The third-order valence-electron chi connectivity index (χ3n) is 3.40. The highest BCUT2D eigenvalue weighted by atomic mass is 16.5. The van der Waals surface area contributed by atoms with Crippen LogP contribution in [0.4, 0.5) is 4.79 Å². The van der Waals surface area contributed by atoms with Gasteiger partial charge in [0.2, 0.25) is 0 Å². The number of hydrogen-bond donors (Lipinski definition) is 2. The van der Waals surface area contributed by atoms with Crippen LogP contribution in [-0.2, 0) is 9.53 Å². The Morgan fingerprint density at radius 2 is 2.22 bits per heavy atom. The van der Waals surface area contributed by atoms with E-state index in [9.17, 15) is 9.59 Å². The number of hydrogen-bond acceptors (Lipinski definition) is 4. The number of ether oxygens (including phenoxy) is 2. The zero-order valence-electron chi connectivity index (χ0n) is 13.0. The summed E-state index contributed by atoms with van der Waals surface area (Å²) in [5, 5.41) is 5.28. The quantitative estimate of drug-likeness (QED) is 0.623. The molecular formula is C17H20N2O4. The molecule has 1 aliphatic heterocycles. The minimum absolute atomic E-state index is 0.256. The Morgan fingerprint density at radius 3 is 2.91 bits per heavy atom. The number of nitrogens with one attached hydrogen (secondary N) is 2. The topological polar surface area (TPSA) is 76.7 Å². The number of esters is 1. The van der Waals surface area contributed by atoms with Crippen LogP contribution >= 0.6 is 0 Å². The molecule has 0 spiro atoms. The predicted molar refractivity (Wildman–Crippen MR) is 85.8 cm³/mol. The first kappa shape index (κ1) is 16.6. The SMILES string of the molecule is C=CCOc1cccc([C@H]2NC(=O)NC(=C)[C@@H]2C(=O)OCC)c1. The van der Waals surface area contributed by atoms with Crippen LogP contribution in [0, 0.1) is 5.92 Å². The van der Waals surface area contributed by atoms with Gasteiger partial charge in [-0.25, -0.2) is 4.79 Å². The highest BCUT2D eigenvalue weighted by Gasteiger charge is 2.38. The lowest BCUT2D eigenvalue weighted by Gasteiger charge is -2.33. The standard InChI is InChI=1S/C17H20N2O4/c1-4-9-23-13-8-6-7-12(10-13)15-14(16(20)22-5-2)11(3)18-17(21)19-15/h4,6-8,10,14-15H,1,3,5,9H2,2H3,(H2,18,19,21)/t14-,15+/m0/s1. The summed E-state index contributed by atoms with van der Waals surface area (Å²) >= 11 is 0. The van der Waals surface area contributed by atoms with Crippen molar-refractivity contribution in [2.45, 2.75) is 13.0 Å². The van der Waals surface area contributed by atoms with E-state index in [1.54, 1.807) is 31.2 Å². The van der Waals surface area contributed by atoms with E-state index in [1.807, 2.05) is 6.07 Å². The van der Waals surface area contributed by atoms with Crippen molar-refractivity contribution in [1.29, 1.82) is 0 Å². The molecule has 2 rings (SSSR count). The average molecular weight is 316 g/mol. The number of carbonyl (C=O) groups excluding carboxylic acids is 2. The molecule has 6 nitrogen and oxygen atoms in total. The average Bonchev–Trinajstić information content (AvgIpc) is 2.52. The second-order valence-electron chi connectivity index (χ2n) is 5.00. The Balaban J connectivity index is 2.31. The van der Waals surface area contributed by atoms with E-state index in [1.165, 1.54) is 0 Å². The van der Waals surface area contributed by atoms with Crippen LogP contribution in [-0.4, -0.2) is 25.2 Å². The number of benzene rings is 1. The van der Waals surface area contributed by atoms with Gasteiger partial charge in [0.1, 0.15) is 18.3 Å². The van der Waals surface area contributed by atoms with Crippen LogP contribution in [0.1, 0.15) is 18.5 Å². The first-order valence-corrected chi connectivity index (χ1v) is 7.33. The fraction of sp³-hybridized carbons (Fsp3) is 0.294. The Labute approximate surface area is 135 Å². The first-order valence-electron chi connectivity index (χ1n) is 7.33. The van der Waals surface area contributed by atoms with Crippen molar-refractivity contribution in [3.63, 3.8) is 0 Å². The van der Waals surface area contributed by atoms with Gasteiger partial charge in [-0.15, -0.1) is 0 Å². The van der Waals surface area contributed by atoms with Crippen molar-refractivity contribution in [3.05, 3.63) is 54.8 Å². The van der Waals surface area contributed by atoms with Gasteiger partial charge < -0.3 is 20.1 Å². The van der Waals surface area contributed by atoms with Crippen molar-refractivity contribution in [2.75, 3.05) is 13.2 Å². The number of urea groups is 1. The molecule has 0 unspecified atom stereocenters. The second-order valence-corrected chi connectivity index (χ2v) is 5.00. The maximum absolute atomic E-state index is 12.2. The zero-order valence-corrected chi connectivity index (χ0v) is 13.0. The minimum Gasteiger partial charge on any atom is -0.490 e. The Kier molecular flexibility index (Phi) is 5.41. The highest BCUT2D eigenvalue weighted by molar-refractivity contribution is 5.85. The second kappa shape index (κ2) is 7.49. The molecular weight excluding hydrogens is 296 g/mol. The van der Waals surface area contributed by atoms with Gasteiger partial charge in [-0.3, -0.25) is 4.79 Å². The molecule has 1 fully saturated rings. The van der Waals surface area contributed by atoms with Crippen molar-refractivity contribution < 1.29 is 19.1 Å². The fourth-order valence-corrected chi connectivity index (χ4v) is 2.42. The molecule has 1 aromatic rings. The zero-order chi connectivity index (χ0) is 16.8. The molecule has 2 atom stereocenters. The van der Waals surface area contributed by atoms with Crippen molar-refractivity contribution in [3.8, 4) is 5.75 Å². The van der Waals surface area contributed by atoms with E-state index >= 15 is 0 Å². The van der Waals surface area contributed by atoms with E-state index in [-0.39, 0.29) is 6.61 Å². The number of rotatable bonds is 6. The summed E-state index contributed by atoms with van der Waals surface area (Å²) in [6.07, 6.45) is 1.64. The maximum Gasteiger partial charge on any atom is 0.319 e. The molecule has 23 heavy (non-hydrogen) atoms. The molecule has 1 heterocycles. The van der Waals surface area contributed by atoms with Crippen LogP contribution in [0.5, 0.6) is 5.75 Å². The van der Waals surface area contributed by atoms with E-state index in [0.29, 0.717) is 18.1 Å². The predicted octanol–water partition coefficient (Wildman–Crippen LogP) is 2.30. The highest BCUT2D eigenvalue weighted by Crippen LogP contribution is 2.32. The molecule has 0 bridgehead atoms. The molecule has 0 radical (unpaired) electrons. The Bertz CT molecular complexity index is 627. The molecule has 122 valence electrons. The van der Waals surface area contributed by atoms with Gasteiger partial charge in [0.25, 0.3) is 0 Å². The summed E-state index contributed by atoms with van der Waals surface area (Å²) in [6.45, 7) is 9.74. The maximum atomic E-state index is 12.2. The molecule has 1 aliphatic rings. The molecule has 2 N–H and O–H groups in total. The lowest BCUT2D eigenvalue weighted by atomic mass is 9.89. The monoisotopic (exact) mass is 316 g/mol. The fourth-order valence-electron chi connectivity index (χ4n) is 2.42. The van der Waals surface area contributed by atoms with Crippen molar-refractivity contribution in [1.82, 2.24) is 10.6 Å². The summed E-state index contributed by atoms with van der Waals surface area (Å²) < 4.78 is 10.6. The third-order valence-corrected chi connectivity index (χ3v) is 3.40. The number of carbonyl (C=O) groups is 2. The van der Waals surface area contributed by atoms with Gasteiger partial charge in [0.05, 0.1) is 12.6 Å². The third kappa shape index (κ3) is 3.91. The van der Waals surface area contributed by atoms with E-state index in [4.69, 9.17) is 9.47 Å². The summed E-state index contributed by atoms with van der Waals surface area (Å²) in [4.78, 5) is 24.0. The van der Waals surface area contributed by atoms with Gasteiger partial charge >= 0.3 is 12.0 Å². The summed E-state index contributed by atoms with van der Waals surface area (Å²) in [6, 6.07) is 6.22. The molecule has 0 aliphatic carbocycles. The van der Waals surface area contributed by atoms with Gasteiger partial charge in [-0.05, 0) is 24.6 Å². The molecule has 1 saturated heterocycles. The van der Waals surface area contributed by atoms with Crippen LogP contribution in [0.3, 0.4) is 0 Å². The minimum atomic E-state index is -0.706. The van der Waals surface area contributed by atoms with Crippen molar-refractivity contribution >= 4 is 12.0 Å². The van der Waals surface area contributed by atoms with Crippen LogP contribution in [0.15, 0.2) is 49.2 Å². The largest absolute Gasteiger partial charge is 0.490 e. The number of amides is 2. The van der Waals surface area contributed by atoms with Crippen molar-refractivity contribution in [2.24, 2.45) is 5.92 Å². The van der Waals surface area contributed by atoms with Gasteiger partial charge in [-0.2, -0.15) is 0 Å². The van der Waals surface area contributed by atoms with E-state index < -0.39 is 24.0 Å². The Hall–Kier alpha value is -2.76. The summed E-state index contributed by atoms with van der Waals surface area (Å²) in [5.41, 5.74) is 1.05. The van der Waals surface area contributed by atoms with Gasteiger partial charge in [0.15, 0.2) is 0 Å². The Morgan fingerprint density at radius 1 is 1.43 bits per heavy atom. The lowest BCUT2D eigenvalue weighted by Crippen LogP contribution is -2.51. The molecule has 1 aromatic carbocycles. The first-order chi connectivity index (χ1) is 11.1. The smallest absolute Gasteiger partial charge is 0.319 e. The normalized spacial score (nSPS) is 20.2. The van der Waals surface area contributed by atoms with E-state index in [2.05, 4.69) is 23.8 Å². The van der Waals surface area contributed by atoms with Crippen LogP contribution in [0.25, 0.3) is 0 Å². The molecule has 2 amide bonds. The van der Waals surface area contributed by atoms with Crippen LogP contribution in [0.2, 0.25) is 0 Å². The molecule has 6 heteroatoms. The molecule has 0 saturated carbocycles. The van der Waals surface area contributed by atoms with Gasteiger partial charge in [0, 0.05) is 5.70 Å². The lowest BCUT2D eigenvalue weighted by molar-refractivity contribution is -0.147. The molecule has 0 aromatic heterocycles.